The van der Waals surface area contributed by atoms with Gasteiger partial charge in [0.15, 0.2) is 0 Å². The summed E-state index contributed by atoms with van der Waals surface area (Å²) in [5.74, 6) is 2.01. The maximum atomic E-state index is 13.8. The molecule has 156 valence electrons. The van der Waals surface area contributed by atoms with E-state index in [9.17, 15) is 9.90 Å². The number of benzene rings is 1. The molecule has 0 unspecified atom stereocenters. The molecule has 5 rings (SSSR count). The van der Waals surface area contributed by atoms with E-state index < -0.39 is 6.10 Å². The van der Waals surface area contributed by atoms with Crippen LogP contribution in [0.25, 0.3) is 5.70 Å². The van der Waals surface area contributed by atoms with Crippen LogP contribution in [0.15, 0.2) is 47.3 Å². The standard InChI is InChI=1S/C25H29N3O2/c1-27-20-15-9-8-14-19(20)23(29)22-24(27)26-21(16-17-10-4-2-5-11-17)28(25(22)30)18-12-6-3-7-13-18/h3,6,8-9,12,14-15,17,23,29H,2,4-5,7,10-11,13,16H2,1H3/t23-/m0/s1. The largest absolute Gasteiger partial charge is 0.383 e. The molecule has 0 bridgehead atoms. The topological polar surface area (TPSA) is 58.4 Å². The Bertz CT molecular complexity index is 1080. The molecule has 2 aliphatic carbocycles. The molecule has 5 nitrogen and oxygen atoms in total. The van der Waals surface area contributed by atoms with E-state index in [-0.39, 0.29) is 5.56 Å². The van der Waals surface area contributed by atoms with Gasteiger partial charge in [0, 0.05) is 30.4 Å². The normalized spacial score (nSPS) is 21.2. The third-order valence-corrected chi connectivity index (χ3v) is 6.83. The molecule has 1 aliphatic heterocycles. The first-order valence-electron chi connectivity index (χ1n) is 11.2. The molecule has 1 aromatic carbocycles. The highest BCUT2D eigenvalue weighted by molar-refractivity contribution is 5.72. The zero-order valence-corrected chi connectivity index (χ0v) is 17.6. The number of fused-ring (bicyclic) bond motifs is 2. The number of aliphatic hydroxyl groups is 1. The first-order chi connectivity index (χ1) is 14.6. The van der Waals surface area contributed by atoms with Crippen LogP contribution in [-0.4, -0.2) is 21.7 Å². The maximum absolute atomic E-state index is 13.8. The molecule has 0 saturated heterocycles. The van der Waals surface area contributed by atoms with E-state index in [4.69, 9.17) is 4.98 Å². The van der Waals surface area contributed by atoms with Crippen LogP contribution in [0, 0.1) is 5.92 Å². The molecule has 1 aromatic heterocycles. The fourth-order valence-electron chi connectivity index (χ4n) is 5.21. The zero-order valence-electron chi connectivity index (χ0n) is 17.6. The zero-order chi connectivity index (χ0) is 20.7. The van der Waals surface area contributed by atoms with E-state index in [1.807, 2.05) is 52.9 Å². The van der Waals surface area contributed by atoms with Crippen molar-refractivity contribution in [1.29, 1.82) is 0 Å². The highest BCUT2D eigenvalue weighted by Gasteiger charge is 2.34. The van der Waals surface area contributed by atoms with Crippen molar-refractivity contribution in [3.63, 3.8) is 0 Å². The van der Waals surface area contributed by atoms with Crippen molar-refractivity contribution in [2.75, 3.05) is 11.9 Å². The van der Waals surface area contributed by atoms with Gasteiger partial charge in [-0.05, 0) is 30.9 Å². The minimum Gasteiger partial charge on any atom is -0.383 e. The van der Waals surface area contributed by atoms with Crippen LogP contribution in [0.2, 0.25) is 0 Å². The molecule has 0 amide bonds. The van der Waals surface area contributed by atoms with Gasteiger partial charge in [0.25, 0.3) is 5.56 Å². The van der Waals surface area contributed by atoms with Crippen LogP contribution in [0.1, 0.15) is 68.0 Å². The first-order valence-corrected chi connectivity index (χ1v) is 11.2. The van der Waals surface area contributed by atoms with Crippen LogP contribution in [0.3, 0.4) is 0 Å². The molecule has 1 N–H and O–H groups in total. The molecule has 2 aromatic rings. The quantitative estimate of drug-likeness (QED) is 0.806. The lowest BCUT2D eigenvalue weighted by atomic mass is 9.86. The summed E-state index contributed by atoms with van der Waals surface area (Å²) >= 11 is 0. The number of anilines is 2. The Morgan fingerprint density at radius 3 is 2.73 bits per heavy atom. The van der Waals surface area contributed by atoms with Gasteiger partial charge < -0.3 is 10.0 Å². The van der Waals surface area contributed by atoms with Gasteiger partial charge >= 0.3 is 0 Å². The Morgan fingerprint density at radius 2 is 1.97 bits per heavy atom. The lowest BCUT2D eigenvalue weighted by Crippen LogP contribution is -2.36. The van der Waals surface area contributed by atoms with Crippen molar-refractivity contribution >= 4 is 17.2 Å². The number of aromatic nitrogens is 2. The number of allylic oxidation sites excluding steroid dienone is 4. The van der Waals surface area contributed by atoms with Crippen LogP contribution in [0.4, 0.5) is 11.5 Å². The lowest BCUT2D eigenvalue weighted by Gasteiger charge is -2.33. The molecule has 0 spiro atoms. The minimum absolute atomic E-state index is 0.124. The lowest BCUT2D eigenvalue weighted by molar-refractivity contribution is 0.216. The van der Waals surface area contributed by atoms with Crippen molar-refractivity contribution in [2.24, 2.45) is 5.92 Å². The van der Waals surface area contributed by atoms with Crippen LogP contribution >= 0.6 is 0 Å². The van der Waals surface area contributed by atoms with E-state index in [0.29, 0.717) is 17.3 Å². The van der Waals surface area contributed by atoms with E-state index in [0.717, 1.165) is 42.0 Å². The van der Waals surface area contributed by atoms with Crippen molar-refractivity contribution in [3.05, 3.63) is 69.8 Å². The van der Waals surface area contributed by atoms with Gasteiger partial charge in [0.1, 0.15) is 17.7 Å². The van der Waals surface area contributed by atoms with E-state index >= 15 is 0 Å². The second kappa shape index (κ2) is 7.88. The van der Waals surface area contributed by atoms with Crippen LogP contribution < -0.4 is 10.5 Å². The monoisotopic (exact) mass is 403 g/mol. The van der Waals surface area contributed by atoms with Gasteiger partial charge in [0.05, 0.1) is 5.56 Å². The van der Waals surface area contributed by atoms with Gasteiger partial charge in [-0.15, -0.1) is 0 Å². The minimum atomic E-state index is -0.956. The number of para-hydroxylation sites is 1. The molecule has 0 radical (unpaired) electrons. The number of rotatable bonds is 3. The third-order valence-electron chi connectivity index (χ3n) is 6.83. The Morgan fingerprint density at radius 1 is 1.17 bits per heavy atom. The Kier molecular flexibility index (Phi) is 5.07. The van der Waals surface area contributed by atoms with Gasteiger partial charge in [-0.25, -0.2) is 4.98 Å². The van der Waals surface area contributed by atoms with E-state index in [1.165, 1.54) is 32.1 Å². The Labute approximate surface area is 177 Å². The molecule has 1 saturated carbocycles. The molecule has 5 heteroatoms. The van der Waals surface area contributed by atoms with Crippen molar-refractivity contribution < 1.29 is 5.11 Å². The number of hydrogen-bond donors (Lipinski definition) is 1. The van der Waals surface area contributed by atoms with Crippen LogP contribution in [0.5, 0.6) is 0 Å². The first kappa shape index (κ1) is 19.3. The molecule has 1 atom stereocenters. The number of hydrogen-bond acceptors (Lipinski definition) is 4. The summed E-state index contributed by atoms with van der Waals surface area (Å²) in [7, 11) is 1.94. The molecule has 3 aliphatic rings. The summed E-state index contributed by atoms with van der Waals surface area (Å²) in [5, 5.41) is 11.1. The molecule has 1 fully saturated rings. The van der Waals surface area contributed by atoms with Gasteiger partial charge in [0.2, 0.25) is 0 Å². The second-order valence-corrected chi connectivity index (χ2v) is 8.76. The summed E-state index contributed by atoms with van der Waals surface area (Å²) in [6, 6.07) is 7.72. The van der Waals surface area contributed by atoms with Crippen molar-refractivity contribution in [2.45, 2.75) is 57.5 Å². The van der Waals surface area contributed by atoms with E-state index in [2.05, 4.69) is 6.08 Å². The highest BCUT2D eigenvalue weighted by Crippen LogP contribution is 2.41. The fourth-order valence-corrected chi connectivity index (χ4v) is 5.21. The molecular weight excluding hydrogens is 374 g/mol. The summed E-state index contributed by atoms with van der Waals surface area (Å²) in [6.45, 7) is 0. The summed E-state index contributed by atoms with van der Waals surface area (Å²) in [6.07, 6.45) is 14.0. The predicted molar refractivity (Wildman–Crippen MR) is 120 cm³/mol. The van der Waals surface area contributed by atoms with Gasteiger partial charge in [-0.1, -0.05) is 62.5 Å². The Hall–Kier alpha value is -2.66. The summed E-state index contributed by atoms with van der Waals surface area (Å²) in [5.41, 5.74) is 2.92. The third kappa shape index (κ3) is 3.21. The summed E-state index contributed by atoms with van der Waals surface area (Å²) < 4.78 is 1.81. The fraction of sp³-hybridized carbons (Fsp3) is 0.440. The SMILES string of the molecule is CN1c2ccccc2[C@H](O)c2c1nc(CC1CCCCC1)n(C1=CC=CCC1)c2=O. The molecule has 30 heavy (non-hydrogen) atoms. The second-order valence-electron chi connectivity index (χ2n) is 8.76. The molecular formula is C25H29N3O2. The smallest absolute Gasteiger partial charge is 0.266 e. The van der Waals surface area contributed by atoms with Crippen molar-refractivity contribution in [3.8, 4) is 0 Å². The summed E-state index contributed by atoms with van der Waals surface area (Å²) in [4.78, 5) is 20.8. The van der Waals surface area contributed by atoms with E-state index in [1.54, 1.807) is 0 Å². The van der Waals surface area contributed by atoms with Gasteiger partial charge in [-0.3, -0.25) is 9.36 Å². The predicted octanol–water partition coefficient (Wildman–Crippen LogP) is 4.72. The average Bonchev–Trinajstić information content (AvgIpc) is 2.78. The average molecular weight is 404 g/mol. The number of aliphatic hydroxyl groups excluding tert-OH is 1. The number of nitrogens with zero attached hydrogens (tertiary/aromatic N) is 3. The molecule has 2 heterocycles. The Balaban J connectivity index is 1.68. The van der Waals surface area contributed by atoms with Gasteiger partial charge in [-0.2, -0.15) is 0 Å². The van der Waals surface area contributed by atoms with Crippen LogP contribution in [-0.2, 0) is 6.42 Å². The maximum Gasteiger partial charge on any atom is 0.266 e. The van der Waals surface area contributed by atoms with Crippen molar-refractivity contribution in [1.82, 2.24) is 9.55 Å². The highest BCUT2D eigenvalue weighted by atomic mass is 16.3.